The van der Waals surface area contributed by atoms with Gasteiger partial charge in [0.25, 0.3) is 5.91 Å². The minimum Gasteiger partial charge on any atom is -0.507 e. The summed E-state index contributed by atoms with van der Waals surface area (Å²) in [6.45, 7) is 1.74. The van der Waals surface area contributed by atoms with Crippen molar-refractivity contribution in [3.63, 3.8) is 0 Å². The summed E-state index contributed by atoms with van der Waals surface area (Å²) < 4.78 is 0.740. The average Bonchev–Trinajstić information content (AvgIpc) is 2.50. The van der Waals surface area contributed by atoms with Crippen LogP contribution in [0.1, 0.15) is 15.9 Å². The van der Waals surface area contributed by atoms with Gasteiger partial charge in [0, 0.05) is 9.86 Å². The first-order valence-corrected chi connectivity index (χ1v) is 7.49. The molecule has 2 N–H and O–H groups in total. The number of hydrogen-bond acceptors (Lipinski definition) is 3. The van der Waals surface area contributed by atoms with Crippen LogP contribution in [0.15, 0.2) is 53.1 Å². The molecule has 0 aliphatic rings. The molecule has 4 nitrogen and oxygen atoms in total. The molecule has 1 heterocycles. The van der Waals surface area contributed by atoms with Crippen LogP contribution in [0.5, 0.6) is 5.75 Å². The number of anilines is 1. The van der Waals surface area contributed by atoms with Gasteiger partial charge in [-0.1, -0.05) is 34.1 Å². The molecule has 5 heteroatoms. The number of aromatic hydroxyl groups is 1. The first-order chi connectivity index (χ1) is 10.5. The number of phenolic OH excluding ortho intramolecular Hbond substituents is 1. The quantitative estimate of drug-likeness (QED) is 0.720. The van der Waals surface area contributed by atoms with Gasteiger partial charge in [-0.15, -0.1) is 0 Å². The zero-order valence-corrected chi connectivity index (χ0v) is 13.4. The Kier molecular flexibility index (Phi) is 3.81. The van der Waals surface area contributed by atoms with Crippen molar-refractivity contribution in [2.24, 2.45) is 0 Å². The highest BCUT2D eigenvalue weighted by atomic mass is 79.9. The number of pyridine rings is 1. The van der Waals surface area contributed by atoms with Crippen molar-refractivity contribution in [2.45, 2.75) is 6.92 Å². The Morgan fingerprint density at radius 2 is 2.00 bits per heavy atom. The lowest BCUT2D eigenvalue weighted by Gasteiger charge is -2.09. The van der Waals surface area contributed by atoms with Crippen LogP contribution in [0.3, 0.4) is 0 Å². The van der Waals surface area contributed by atoms with Gasteiger partial charge >= 0.3 is 0 Å². The number of carbonyl (C=O) groups excluding carboxylic acids is 1. The molecule has 2 aromatic carbocycles. The van der Waals surface area contributed by atoms with Crippen LogP contribution in [0, 0.1) is 6.92 Å². The maximum Gasteiger partial charge on any atom is 0.259 e. The fraction of sp³-hybridized carbons (Fsp3) is 0.0588. The highest BCUT2D eigenvalue weighted by Gasteiger charge is 2.14. The largest absolute Gasteiger partial charge is 0.507 e. The van der Waals surface area contributed by atoms with E-state index in [4.69, 9.17) is 0 Å². The third-order valence-corrected chi connectivity index (χ3v) is 3.82. The summed E-state index contributed by atoms with van der Waals surface area (Å²) in [4.78, 5) is 16.7. The molecule has 0 fully saturated rings. The van der Waals surface area contributed by atoms with Crippen LogP contribution in [0.2, 0.25) is 0 Å². The number of carbonyl (C=O) groups is 1. The SMILES string of the molecule is Cc1cc(Br)cc(C(=O)Nc2cnc3ccccc3c2)c1O. The number of nitrogens with zero attached hydrogens (tertiary/aromatic N) is 1. The Labute approximate surface area is 135 Å². The molecule has 0 saturated heterocycles. The molecule has 1 aromatic heterocycles. The summed E-state index contributed by atoms with van der Waals surface area (Å²) in [6, 6.07) is 12.9. The van der Waals surface area contributed by atoms with E-state index in [1.807, 2.05) is 30.3 Å². The van der Waals surface area contributed by atoms with Crippen molar-refractivity contribution in [2.75, 3.05) is 5.32 Å². The predicted molar refractivity (Wildman–Crippen MR) is 90.2 cm³/mol. The highest BCUT2D eigenvalue weighted by Crippen LogP contribution is 2.27. The molecule has 22 heavy (non-hydrogen) atoms. The maximum absolute atomic E-state index is 12.4. The standard InChI is InChI=1S/C17H13BrN2O2/c1-10-6-12(18)8-14(16(10)21)17(22)20-13-7-11-4-2-3-5-15(11)19-9-13/h2-9,21H,1H3,(H,20,22). The molecule has 0 unspecified atom stereocenters. The number of para-hydroxylation sites is 1. The Hall–Kier alpha value is -2.40. The Balaban J connectivity index is 1.93. The zero-order chi connectivity index (χ0) is 15.7. The molecule has 0 atom stereocenters. The van der Waals surface area contributed by atoms with E-state index < -0.39 is 0 Å². The van der Waals surface area contributed by atoms with Crippen LogP contribution >= 0.6 is 15.9 Å². The monoisotopic (exact) mass is 356 g/mol. The second-order valence-electron chi connectivity index (χ2n) is 4.99. The van der Waals surface area contributed by atoms with Crippen molar-refractivity contribution in [1.82, 2.24) is 4.98 Å². The third kappa shape index (κ3) is 2.80. The first kappa shape index (κ1) is 14.5. The van der Waals surface area contributed by atoms with Crippen LogP contribution in [0.4, 0.5) is 5.69 Å². The lowest BCUT2D eigenvalue weighted by molar-refractivity contribution is 0.102. The van der Waals surface area contributed by atoms with E-state index in [1.54, 1.807) is 25.3 Å². The second kappa shape index (κ2) is 5.77. The van der Waals surface area contributed by atoms with Gasteiger partial charge in [0.2, 0.25) is 0 Å². The minimum absolute atomic E-state index is 0.0190. The number of phenols is 1. The lowest BCUT2D eigenvalue weighted by atomic mass is 10.1. The highest BCUT2D eigenvalue weighted by molar-refractivity contribution is 9.10. The smallest absolute Gasteiger partial charge is 0.259 e. The molecule has 0 aliphatic heterocycles. The maximum atomic E-state index is 12.4. The molecule has 110 valence electrons. The van der Waals surface area contributed by atoms with Gasteiger partial charge in [-0.25, -0.2) is 0 Å². The summed E-state index contributed by atoms with van der Waals surface area (Å²) >= 11 is 3.33. The number of fused-ring (bicyclic) bond motifs is 1. The molecule has 1 amide bonds. The average molecular weight is 357 g/mol. The van der Waals surface area contributed by atoms with Crippen molar-refractivity contribution in [3.05, 3.63) is 64.3 Å². The van der Waals surface area contributed by atoms with Crippen molar-refractivity contribution >= 4 is 38.4 Å². The summed E-state index contributed by atoms with van der Waals surface area (Å²) in [5, 5.41) is 13.7. The van der Waals surface area contributed by atoms with Crippen LogP contribution < -0.4 is 5.32 Å². The van der Waals surface area contributed by atoms with Gasteiger partial charge in [0.05, 0.1) is 23.0 Å². The molecule has 0 spiro atoms. The minimum atomic E-state index is -0.376. The van der Waals surface area contributed by atoms with Crippen molar-refractivity contribution in [1.29, 1.82) is 0 Å². The molecule has 0 bridgehead atoms. The summed E-state index contributed by atoms with van der Waals surface area (Å²) in [5.74, 6) is -0.395. The normalized spacial score (nSPS) is 10.6. The molecule has 0 radical (unpaired) electrons. The van der Waals surface area contributed by atoms with Crippen molar-refractivity contribution in [3.8, 4) is 5.75 Å². The lowest BCUT2D eigenvalue weighted by Crippen LogP contribution is -2.12. The van der Waals surface area contributed by atoms with Gasteiger partial charge < -0.3 is 10.4 Å². The predicted octanol–water partition coefficient (Wildman–Crippen LogP) is 4.26. The number of hydrogen-bond donors (Lipinski definition) is 2. The van der Waals surface area contributed by atoms with Gasteiger partial charge in [-0.05, 0) is 36.8 Å². The number of rotatable bonds is 2. The van der Waals surface area contributed by atoms with Crippen LogP contribution in [-0.2, 0) is 0 Å². The molecular weight excluding hydrogens is 344 g/mol. The topological polar surface area (TPSA) is 62.2 Å². The van der Waals surface area contributed by atoms with E-state index in [9.17, 15) is 9.90 Å². The fourth-order valence-electron chi connectivity index (χ4n) is 2.25. The van der Waals surface area contributed by atoms with Gasteiger partial charge in [-0.2, -0.15) is 0 Å². The number of benzene rings is 2. The Bertz CT molecular complexity index is 878. The van der Waals surface area contributed by atoms with E-state index in [2.05, 4.69) is 26.2 Å². The van der Waals surface area contributed by atoms with Crippen LogP contribution in [-0.4, -0.2) is 16.0 Å². The molecule has 0 aliphatic carbocycles. The number of halogens is 1. The van der Waals surface area contributed by atoms with Crippen molar-refractivity contribution < 1.29 is 9.90 Å². The zero-order valence-electron chi connectivity index (χ0n) is 11.8. The molecule has 3 aromatic rings. The van der Waals surface area contributed by atoms with E-state index in [1.165, 1.54) is 0 Å². The Morgan fingerprint density at radius 3 is 2.82 bits per heavy atom. The van der Waals surface area contributed by atoms with E-state index in [0.29, 0.717) is 11.3 Å². The summed E-state index contributed by atoms with van der Waals surface area (Å²) in [7, 11) is 0. The van der Waals surface area contributed by atoms with Gasteiger partial charge in [0.15, 0.2) is 0 Å². The summed E-state index contributed by atoms with van der Waals surface area (Å²) in [6.07, 6.45) is 1.60. The van der Waals surface area contributed by atoms with Crippen LogP contribution in [0.25, 0.3) is 10.9 Å². The number of amides is 1. The van der Waals surface area contributed by atoms with E-state index in [-0.39, 0.29) is 17.2 Å². The molecule has 0 saturated carbocycles. The first-order valence-electron chi connectivity index (χ1n) is 6.70. The van der Waals surface area contributed by atoms with Gasteiger partial charge in [-0.3, -0.25) is 9.78 Å². The third-order valence-electron chi connectivity index (χ3n) is 3.36. The molecule has 3 rings (SSSR count). The molecular formula is C17H13BrN2O2. The second-order valence-corrected chi connectivity index (χ2v) is 5.91. The van der Waals surface area contributed by atoms with Gasteiger partial charge in [0.1, 0.15) is 5.75 Å². The van der Waals surface area contributed by atoms with E-state index >= 15 is 0 Å². The Morgan fingerprint density at radius 1 is 1.23 bits per heavy atom. The number of nitrogens with one attached hydrogen (secondary N) is 1. The summed E-state index contributed by atoms with van der Waals surface area (Å²) in [5.41, 5.74) is 2.30. The van der Waals surface area contributed by atoms with E-state index in [0.717, 1.165) is 15.4 Å². The number of aryl methyl sites for hydroxylation is 1. The fourth-order valence-corrected chi connectivity index (χ4v) is 2.82. The number of aromatic nitrogens is 1.